The van der Waals surface area contributed by atoms with Crippen molar-refractivity contribution in [1.29, 1.82) is 0 Å². The lowest BCUT2D eigenvalue weighted by atomic mass is 9.71. The number of ether oxygens (including phenoxy) is 2. The van der Waals surface area contributed by atoms with Crippen LogP contribution in [0.4, 0.5) is 0 Å². The minimum atomic E-state index is -3.73. The lowest BCUT2D eigenvalue weighted by molar-refractivity contribution is -0.155. The van der Waals surface area contributed by atoms with Crippen molar-refractivity contribution < 1.29 is 119 Å². The Kier molecular flexibility index (Phi) is 55.5. The Balaban J connectivity index is -0.00000102. The van der Waals surface area contributed by atoms with Crippen LogP contribution in [-0.4, -0.2) is 96.1 Å². The molecule has 1 aliphatic carbocycles. The Hall–Kier alpha value is -4.15. The molecule has 0 amide bonds. The van der Waals surface area contributed by atoms with E-state index in [1.165, 1.54) is 25.0 Å². The summed E-state index contributed by atoms with van der Waals surface area (Å²) >= 11 is 0. The number of carbonyl (C=O) groups is 4. The molecule has 2 heterocycles. The Morgan fingerprint density at radius 2 is 0.618 bits per heavy atom. The minimum absolute atomic E-state index is 0.0855. The van der Waals surface area contributed by atoms with Crippen molar-refractivity contribution in [2.24, 2.45) is 17.8 Å². The van der Waals surface area contributed by atoms with Gasteiger partial charge in [0.25, 0.3) is 0 Å². The Labute approximate surface area is 529 Å². The fraction of sp³-hybridized carbons (Fsp3) is 0.621. The smallest absolute Gasteiger partial charge is 0.412 e. The van der Waals surface area contributed by atoms with Crippen LogP contribution in [0.25, 0.3) is 0 Å². The third-order valence-corrected chi connectivity index (χ3v) is 17.9. The molecule has 1 saturated heterocycles. The topological polar surface area (TPSA) is 311 Å². The predicted octanol–water partition coefficient (Wildman–Crippen LogP) is 17.0. The first kappa shape index (κ1) is 89.0. The predicted molar refractivity (Wildman–Crippen MR) is 339 cm³/mol. The SMILES string of the molecule is CC/C=C/C=C\OP(=O)(OCC)OCC.CC/C=C\C=C/OP(=O)(OCC)OCC.CC/C=C\C=C\OP(=O)(OCC)OCC.CC/C=C\C=C\OP(=O)(OCC)OCC.CCOP(=O)(OCC)O[C@@H]1CC[C@H](CC)C2C(=O)OC(=O)C21.O=C1C=CC(=O)O1. The number of allylic oxidation sites excluding steroid dienone is 12. The molecule has 0 aromatic rings. The second-order valence-corrected chi connectivity index (χ2v) is 24.9. The van der Waals surface area contributed by atoms with Gasteiger partial charge in [-0.1, -0.05) is 89.6 Å². The van der Waals surface area contributed by atoms with Gasteiger partial charge < -0.3 is 27.6 Å². The van der Waals surface area contributed by atoms with Crippen LogP contribution < -0.4 is 0 Å². The fourth-order valence-corrected chi connectivity index (χ4v) is 12.3. The first-order valence-electron chi connectivity index (χ1n) is 29.8. The largest absolute Gasteiger partial charge is 0.529 e. The average Bonchev–Trinajstić information content (AvgIpc) is 1.68. The molecule has 1 saturated carbocycles. The Morgan fingerprint density at radius 3 is 0.843 bits per heavy atom. The zero-order valence-electron chi connectivity index (χ0n) is 54.6. The van der Waals surface area contributed by atoms with Crippen LogP contribution in [0.3, 0.4) is 0 Å². The number of phosphoric ester groups is 5. The van der Waals surface area contributed by atoms with Gasteiger partial charge in [-0.05, 0) is 138 Å². The highest BCUT2D eigenvalue weighted by Crippen LogP contribution is 2.56. The Morgan fingerprint density at radius 1 is 0.360 bits per heavy atom. The van der Waals surface area contributed by atoms with Crippen molar-refractivity contribution in [1.82, 2.24) is 0 Å². The van der Waals surface area contributed by atoms with Crippen molar-refractivity contribution in [3.05, 3.63) is 110 Å². The summed E-state index contributed by atoms with van der Waals surface area (Å²) < 4.78 is 143. The van der Waals surface area contributed by atoms with Gasteiger partial charge in [0, 0.05) is 12.2 Å². The van der Waals surface area contributed by atoms with Crippen molar-refractivity contribution >= 4 is 63.0 Å². The van der Waals surface area contributed by atoms with Gasteiger partial charge in [-0.15, -0.1) is 0 Å². The molecule has 0 bridgehead atoms. The summed E-state index contributed by atoms with van der Waals surface area (Å²) in [5, 5.41) is 0. The summed E-state index contributed by atoms with van der Waals surface area (Å²) in [7, 11) is -17.3. The molecule has 2 unspecified atom stereocenters. The first-order chi connectivity index (χ1) is 42.5. The molecule has 0 aromatic carbocycles. The van der Waals surface area contributed by atoms with Gasteiger partial charge in [-0.3, -0.25) is 59.4 Å². The summed E-state index contributed by atoms with van der Waals surface area (Å²) in [4.78, 5) is 43.8. The lowest BCUT2D eigenvalue weighted by Gasteiger charge is -2.35. The summed E-state index contributed by atoms with van der Waals surface area (Å²) in [6.45, 7) is 29.9. The number of cyclic esters (lactones) is 4. The first-order valence-corrected chi connectivity index (χ1v) is 37.1. The number of rotatable bonds is 39. The van der Waals surface area contributed by atoms with Crippen LogP contribution in [0.2, 0.25) is 0 Å². The molecule has 3 rings (SSSR count). The van der Waals surface area contributed by atoms with Gasteiger partial charge in [-0.25, -0.2) is 32.4 Å². The van der Waals surface area contributed by atoms with Gasteiger partial charge in [-0.2, -0.15) is 0 Å². The molecule has 3 aliphatic rings. The van der Waals surface area contributed by atoms with Crippen LogP contribution in [0.5, 0.6) is 0 Å². The van der Waals surface area contributed by atoms with Crippen molar-refractivity contribution in [2.75, 3.05) is 66.1 Å². The normalized spacial score (nSPS) is 17.9. The van der Waals surface area contributed by atoms with E-state index in [0.29, 0.717) is 12.8 Å². The number of phosphoric acid groups is 5. The van der Waals surface area contributed by atoms with E-state index < -0.39 is 80.9 Å². The summed E-state index contributed by atoms with van der Waals surface area (Å²) in [5.74, 6) is -3.42. The number of esters is 4. The van der Waals surface area contributed by atoms with Crippen LogP contribution in [0.15, 0.2) is 110 Å². The number of hydrogen-bond acceptors (Lipinski definition) is 26. The van der Waals surface area contributed by atoms with Crippen LogP contribution in [-0.2, 0) is 119 Å². The van der Waals surface area contributed by atoms with Crippen LogP contribution >= 0.6 is 39.1 Å². The van der Waals surface area contributed by atoms with Crippen molar-refractivity contribution in [3.63, 3.8) is 0 Å². The van der Waals surface area contributed by atoms with Crippen LogP contribution in [0, 0.1) is 17.8 Å². The van der Waals surface area contributed by atoms with Gasteiger partial charge >= 0.3 is 63.0 Å². The molecular formula is C58H101O26P5. The lowest BCUT2D eigenvalue weighted by Crippen LogP contribution is -2.41. The van der Waals surface area contributed by atoms with E-state index in [-0.39, 0.29) is 72.0 Å². The zero-order chi connectivity index (χ0) is 67.9. The van der Waals surface area contributed by atoms with Gasteiger partial charge in [0.05, 0.1) is 109 Å². The summed E-state index contributed by atoms with van der Waals surface area (Å²) in [6, 6.07) is 0. The van der Waals surface area contributed by atoms with Crippen molar-refractivity contribution in [2.45, 2.75) is 155 Å². The molecule has 2 fully saturated rings. The highest BCUT2D eigenvalue weighted by atomic mass is 31.2. The van der Waals surface area contributed by atoms with E-state index in [1.54, 1.807) is 93.5 Å². The average molecular weight is 1370 g/mol. The molecule has 31 heteroatoms. The monoisotopic (exact) mass is 1370 g/mol. The maximum Gasteiger partial charge on any atom is 0.529 e. The highest BCUT2D eigenvalue weighted by Gasteiger charge is 2.56. The second-order valence-electron chi connectivity index (χ2n) is 16.7. The quantitative estimate of drug-likeness (QED) is 0.0181. The molecule has 4 atom stereocenters. The van der Waals surface area contributed by atoms with E-state index in [4.69, 9.17) is 72.6 Å². The number of fused-ring (bicyclic) bond motifs is 1. The molecule has 0 spiro atoms. The fourth-order valence-electron chi connectivity index (χ4n) is 6.73. The molecule has 2 aliphatic heterocycles. The van der Waals surface area contributed by atoms with Gasteiger partial charge in [0.1, 0.15) is 0 Å². The van der Waals surface area contributed by atoms with Crippen LogP contribution in [0.1, 0.15) is 149 Å². The maximum absolute atomic E-state index is 12.5. The minimum Gasteiger partial charge on any atom is -0.412 e. The molecule has 89 heavy (non-hydrogen) atoms. The van der Waals surface area contributed by atoms with Gasteiger partial charge in [0.15, 0.2) is 0 Å². The van der Waals surface area contributed by atoms with E-state index in [2.05, 4.69) is 4.74 Å². The summed E-state index contributed by atoms with van der Waals surface area (Å²) in [6.07, 6.45) is 34.2. The maximum atomic E-state index is 12.5. The third-order valence-electron chi connectivity index (χ3n) is 10.1. The van der Waals surface area contributed by atoms with Gasteiger partial charge in [0.2, 0.25) is 0 Å². The number of hydrogen-bond donors (Lipinski definition) is 0. The molecule has 0 aromatic heterocycles. The zero-order valence-corrected chi connectivity index (χ0v) is 59.0. The van der Waals surface area contributed by atoms with Crippen molar-refractivity contribution in [3.8, 4) is 0 Å². The van der Waals surface area contributed by atoms with E-state index in [1.807, 2.05) is 83.2 Å². The highest BCUT2D eigenvalue weighted by molar-refractivity contribution is 7.49. The Bertz CT molecular complexity index is 2180. The molecule has 514 valence electrons. The molecule has 26 nitrogen and oxygen atoms in total. The second kappa shape index (κ2) is 55.5. The molecular weight excluding hydrogens is 1270 g/mol. The summed E-state index contributed by atoms with van der Waals surface area (Å²) in [5.41, 5.74) is 0. The third kappa shape index (κ3) is 44.1. The standard InChI is InChI=1S/C14H23O7P.4C10H19O4P.C4H2O3/c1-4-9-7-8-10(12-11(9)13(15)20-14(12)16)21-22(17,18-5-2)19-6-3;4*1-4-7-8-9-10-14-15(11,12-5-2)13-6-3;5-3-1-2-4(6)7-3/h9-12H,4-8H2,1-3H3;4*7-10H,4-6H2,1-3H3;1-2H/b;8-7+,10-9-;2*8-7-,10-9+;8-7-,10-9-;/t9-,10+,11?,12?;;;;;/m0...../s1. The molecule has 0 N–H and O–H groups in total. The van der Waals surface area contributed by atoms with E-state index in [9.17, 15) is 42.0 Å². The molecule has 0 radical (unpaired) electrons. The van der Waals surface area contributed by atoms with E-state index in [0.717, 1.165) is 44.3 Å². The number of carbonyl (C=O) groups excluding carboxylic acids is 4. The van der Waals surface area contributed by atoms with E-state index >= 15 is 0 Å².